The first kappa shape index (κ1) is 18.8. The summed E-state index contributed by atoms with van der Waals surface area (Å²) >= 11 is 0. The van der Waals surface area contributed by atoms with Crippen LogP contribution < -0.4 is 0 Å². The van der Waals surface area contributed by atoms with Gasteiger partial charge in [0.1, 0.15) is 0 Å². The molecule has 126 valence electrons. The van der Waals surface area contributed by atoms with Crippen molar-refractivity contribution in [2.24, 2.45) is 0 Å². The summed E-state index contributed by atoms with van der Waals surface area (Å²) in [7, 11) is 1.55. The number of hydrogen-bond donors (Lipinski definition) is 0. The molecular weight excluding hydrogens is 286 g/mol. The van der Waals surface area contributed by atoms with Gasteiger partial charge in [0.25, 0.3) is 11.8 Å². The molecule has 1 aliphatic rings. The summed E-state index contributed by atoms with van der Waals surface area (Å²) in [6, 6.07) is 0. The van der Waals surface area contributed by atoms with Gasteiger partial charge in [0.05, 0.1) is 5.60 Å². The van der Waals surface area contributed by atoms with Crippen LogP contribution in [0.15, 0.2) is 12.2 Å². The third-order valence-electron chi connectivity index (χ3n) is 3.64. The van der Waals surface area contributed by atoms with Crippen molar-refractivity contribution in [3.05, 3.63) is 12.2 Å². The van der Waals surface area contributed by atoms with E-state index in [1.807, 2.05) is 13.8 Å². The number of amides is 2. The summed E-state index contributed by atoms with van der Waals surface area (Å²) in [5.74, 6) is -1.46. The molecule has 1 rings (SSSR count). The van der Waals surface area contributed by atoms with Crippen LogP contribution in [0.25, 0.3) is 0 Å². The zero-order valence-electron chi connectivity index (χ0n) is 14.2. The molecule has 1 heterocycles. The molecule has 6 nitrogen and oxygen atoms in total. The Morgan fingerprint density at radius 3 is 2.14 bits per heavy atom. The van der Waals surface area contributed by atoms with Crippen LogP contribution in [0.5, 0.6) is 0 Å². The lowest BCUT2D eigenvalue weighted by molar-refractivity contribution is -0.455. The first-order chi connectivity index (χ1) is 10.2. The SMILES string of the molecule is CCCC(C)(C)OOC(C)(CCCN1C(=O)C=CC1=O)OC. The van der Waals surface area contributed by atoms with E-state index >= 15 is 0 Å². The molecule has 0 radical (unpaired) electrons. The Kier molecular flexibility index (Phi) is 6.71. The average molecular weight is 313 g/mol. The Balaban J connectivity index is 2.42. The molecule has 0 saturated heterocycles. The number of rotatable bonds is 10. The summed E-state index contributed by atoms with van der Waals surface area (Å²) in [5.41, 5.74) is -0.390. The number of carbonyl (C=O) groups is 2. The smallest absolute Gasteiger partial charge is 0.253 e. The fraction of sp³-hybridized carbons (Fsp3) is 0.750. The number of hydrogen-bond acceptors (Lipinski definition) is 5. The minimum absolute atomic E-state index is 0.273. The molecule has 22 heavy (non-hydrogen) atoms. The van der Waals surface area contributed by atoms with Gasteiger partial charge in [-0.25, -0.2) is 9.78 Å². The average Bonchev–Trinajstić information content (AvgIpc) is 2.77. The molecule has 0 fully saturated rings. The van der Waals surface area contributed by atoms with Crippen molar-refractivity contribution in [3.63, 3.8) is 0 Å². The van der Waals surface area contributed by atoms with E-state index in [4.69, 9.17) is 14.5 Å². The van der Waals surface area contributed by atoms with Crippen molar-refractivity contribution >= 4 is 11.8 Å². The number of imide groups is 1. The molecule has 1 aliphatic heterocycles. The van der Waals surface area contributed by atoms with E-state index in [2.05, 4.69) is 6.92 Å². The van der Waals surface area contributed by atoms with Gasteiger partial charge >= 0.3 is 0 Å². The molecule has 0 bridgehead atoms. The third kappa shape index (κ3) is 5.51. The second kappa shape index (κ2) is 7.85. The number of methoxy groups -OCH3 is 1. The topological polar surface area (TPSA) is 65.1 Å². The van der Waals surface area contributed by atoms with Crippen LogP contribution in [0, 0.1) is 0 Å². The largest absolute Gasteiger partial charge is 0.351 e. The molecule has 0 aromatic rings. The van der Waals surface area contributed by atoms with Gasteiger partial charge in [-0.2, -0.15) is 0 Å². The lowest BCUT2D eigenvalue weighted by atomic mass is 10.0. The summed E-state index contributed by atoms with van der Waals surface area (Å²) < 4.78 is 5.38. The third-order valence-corrected chi connectivity index (χ3v) is 3.64. The number of carbonyl (C=O) groups excluding carboxylic acids is 2. The minimum atomic E-state index is -0.912. The molecule has 6 heteroatoms. The molecule has 1 atom stereocenters. The quantitative estimate of drug-likeness (QED) is 0.268. The highest BCUT2D eigenvalue weighted by atomic mass is 17.2. The van der Waals surface area contributed by atoms with Crippen LogP contribution in [-0.4, -0.2) is 41.8 Å². The van der Waals surface area contributed by atoms with E-state index in [9.17, 15) is 9.59 Å². The molecule has 0 N–H and O–H groups in total. The summed E-state index contributed by atoms with van der Waals surface area (Å²) in [4.78, 5) is 35.1. The van der Waals surface area contributed by atoms with Crippen LogP contribution in [0.4, 0.5) is 0 Å². The predicted octanol–water partition coefficient (Wildman–Crippen LogP) is 2.58. The van der Waals surface area contributed by atoms with E-state index in [1.54, 1.807) is 14.0 Å². The molecule has 0 spiro atoms. The fourth-order valence-corrected chi connectivity index (χ4v) is 2.23. The van der Waals surface area contributed by atoms with Crippen LogP contribution >= 0.6 is 0 Å². The lowest BCUT2D eigenvalue weighted by Gasteiger charge is -2.32. The Hall–Kier alpha value is -1.24. The number of ether oxygens (including phenoxy) is 1. The van der Waals surface area contributed by atoms with Gasteiger partial charge in [0.15, 0.2) is 5.79 Å². The normalized spacial score (nSPS) is 18.1. The first-order valence-electron chi connectivity index (χ1n) is 7.68. The maximum atomic E-state index is 11.5. The highest BCUT2D eigenvalue weighted by Crippen LogP contribution is 2.25. The Morgan fingerprint density at radius 2 is 1.64 bits per heavy atom. The highest BCUT2D eigenvalue weighted by Gasteiger charge is 2.31. The van der Waals surface area contributed by atoms with Gasteiger partial charge in [-0.3, -0.25) is 14.5 Å². The fourth-order valence-electron chi connectivity index (χ4n) is 2.23. The van der Waals surface area contributed by atoms with Crippen molar-refractivity contribution in [2.75, 3.05) is 13.7 Å². The van der Waals surface area contributed by atoms with Gasteiger partial charge in [-0.05, 0) is 33.6 Å². The van der Waals surface area contributed by atoms with Crippen molar-refractivity contribution in [3.8, 4) is 0 Å². The Bertz CT molecular complexity index is 414. The zero-order valence-corrected chi connectivity index (χ0v) is 14.2. The van der Waals surface area contributed by atoms with Crippen LogP contribution in [-0.2, 0) is 24.1 Å². The molecular formula is C16H27NO5. The predicted molar refractivity (Wildman–Crippen MR) is 81.7 cm³/mol. The van der Waals surface area contributed by atoms with Crippen molar-refractivity contribution in [1.82, 2.24) is 4.90 Å². The van der Waals surface area contributed by atoms with E-state index in [1.165, 1.54) is 17.1 Å². The van der Waals surface area contributed by atoms with Gasteiger partial charge in [0, 0.05) is 32.2 Å². The van der Waals surface area contributed by atoms with E-state index in [0.29, 0.717) is 19.4 Å². The maximum Gasteiger partial charge on any atom is 0.253 e. The molecule has 0 saturated carbocycles. The summed E-state index contributed by atoms with van der Waals surface area (Å²) in [5, 5.41) is 0. The number of nitrogens with zero attached hydrogens (tertiary/aromatic N) is 1. The Labute approximate surface area is 132 Å². The Morgan fingerprint density at radius 1 is 1.05 bits per heavy atom. The van der Waals surface area contributed by atoms with Crippen LogP contribution in [0.3, 0.4) is 0 Å². The molecule has 0 aromatic carbocycles. The standard InChI is InChI=1S/C16H27NO5/c1-6-10-15(2,3)21-22-16(4,20-5)11-7-12-17-13(18)8-9-14(17)19/h8-9H,6-7,10-12H2,1-5H3. The molecule has 1 unspecified atom stereocenters. The van der Waals surface area contributed by atoms with Crippen molar-refractivity contribution < 1.29 is 24.1 Å². The minimum Gasteiger partial charge on any atom is -0.351 e. The van der Waals surface area contributed by atoms with Crippen LogP contribution in [0.1, 0.15) is 53.4 Å². The summed E-state index contributed by atoms with van der Waals surface area (Å²) in [6.07, 6.45) is 5.50. The van der Waals surface area contributed by atoms with Gasteiger partial charge < -0.3 is 4.74 Å². The van der Waals surface area contributed by atoms with Gasteiger partial charge in [-0.1, -0.05) is 13.3 Å². The van der Waals surface area contributed by atoms with Gasteiger partial charge in [0.2, 0.25) is 0 Å². The van der Waals surface area contributed by atoms with E-state index in [0.717, 1.165) is 12.8 Å². The second-order valence-corrected chi connectivity index (χ2v) is 6.28. The van der Waals surface area contributed by atoms with Crippen molar-refractivity contribution in [2.45, 2.75) is 64.8 Å². The first-order valence-corrected chi connectivity index (χ1v) is 7.68. The van der Waals surface area contributed by atoms with E-state index < -0.39 is 5.79 Å². The van der Waals surface area contributed by atoms with E-state index in [-0.39, 0.29) is 17.4 Å². The second-order valence-electron chi connectivity index (χ2n) is 6.28. The lowest BCUT2D eigenvalue weighted by Crippen LogP contribution is -2.38. The summed E-state index contributed by atoms with van der Waals surface area (Å²) in [6.45, 7) is 8.12. The molecule has 0 aliphatic carbocycles. The molecule has 0 aromatic heterocycles. The van der Waals surface area contributed by atoms with Crippen LogP contribution in [0.2, 0.25) is 0 Å². The van der Waals surface area contributed by atoms with Crippen molar-refractivity contribution in [1.29, 1.82) is 0 Å². The maximum absolute atomic E-state index is 11.5. The van der Waals surface area contributed by atoms with Gasteiger partial charge in [-0.15, -0.1) is 0 Å². The zero-order chi connectivity index (χ0) is 16.8. The highest BCUT2D eigenvalue weighted by molar-refractivity contribution is 6.12. The monoisotopic (exact) mass is 313 g/mol. The molecule has 2 amide bonds.